The molecule has 0 amide bonds. The average Bonchev–Trinajstić information content (AvgIpc) is 2.51. The lowest BCUT2D eigenvalue weighted by molar-refractivity contribution is 0.0522. The first kappa shape index (κ1) is 16.1. The lowest BCUT2D eigenvalue weighted by Crippen LogP contribution is -2.08. The number of carbonyl (C=O) groups is 1. The minimum Gasteiger partial charge on any atom is -0.506 e. The second-order valence-corrected chi connectivity index (χ2v) is 5.22. The van der Waals surface area contributed by atoms with Crippen LogP contribution in [0.3, 0.4) is 0 Å². The van der Waals surface area contributed by atoms with Gasteiger partial charge in [-0.3, -0.25) is 0 Å². The molecule has 1 N–H and O–H groups in total. The fourth-order valence-corrected chi connectivity index (χ4v) is 2.61. The Labute approximate surface area is 131 Å². The zero-order valence-electron chi connectivity index (χ0n) is 13.3. The van der Waals surface area contributed by atoms with Crippen LogP contribution in [0.2, 0.25) is 0 Å². The average molecular weight is 298 g/mol. The Morgan fingerprint density at radius 1 is 1.23 bits per heavy atom. The zero-order chi connectivity index (χ0) is 16.1. The number of carbonyl (C=O) groups excluding carboxylic acids is 1. The van der Waals surface area contributed by atoms with Crippen molar-refractivity contribution >= 4 is 22.8 Å². The molecule has 0 bridgehead atoms. The van der Waals surface area contributed by atoms with Crippen molar-refractivity contribution in [3.05, 3.63) is 47.0 Å². The maximum atomic E-state index is 12.2. The van der Waals surface area contributed by atoms with Crippen LogP contribution in [0.5, 0.6) is 5.75 Å². The van der Waals surface area contributed by atoms with Gasteiger partial charge in [0.1, 0.15) is 11.3 Å². The summed E-state index contributed by atoms with van der Waals surface area (Å²) in [7, 11) is 0. The van der Waals surface area contributed by atoms with Crippen molar-refractivity contribution in [3.63, 3.8) is 0 Å². The molecule has 0 unspecified atom stereocenters. The summed E-state index contributed by atoms with van der Waals surface area (Å²) < 4.78 is 5.10. The number of fused-ring (bicyclic) bond motifs is 1. The molecule has 0 atom stereocenters. The highest BCUT2D eigenvalue weighted by molar-refractivity contribution is 6.06. The van der Waals surface area contributed by atoms with Crippen molar-refractivity contribution in [1.29, 1.82) is 0 Å². The quantitative estimate of drug-likeness (QED) is 0.803. The van der Waals surface area contributed by atoms with Crippen LogP contribution >= 0.6 is 0 Å². The van der Waals surface area contributed by atoms with E-state index in [2.05, 4.69) is 13.0 Å². The van der Waals surface area contributed by atoms with Gasteiger partial charge >= 0.3 is 5.97 Å². The van der Waals surface area contributed by atoms with E-state index in [0.29, 0.717) is 5.39 Å². The second-order valence-electron chi connectivity index (χ2n) is 5.22. The van der Waals surface area contributed by atoms with Crippen LogP contribution in [-0.2, 0) is 4.74 Å². The van der Waals surface area contributed by atoms with Crippen LogP contribution in [-0.4, -0.2) is 17.7 Å². The first-order valence-electron chi connectivity index (χ1n) is 7.69. The molecule has 22 heavy (non-hydrogen) atoms. The molecule has 0 aliphatic heterocycles. The third-order valence-electron chi connectivity index (χ3n) is 3.71. The molecule has 0 saturated carbocycles. The lowest BCUT2D eigenvalue weighted by atomic mass is 9.93. The molecule has 0 aliphatic carbocycles. The number of unbranched alkanes of at least 4 members (excludes halogenated alkanes) is 1. The van der Waals surface area contributed by atoms with Crippen LogP contribution in [0, 0.1) is 6.92 Å². The summed E-state index contributed by atoms with van der Waals surface area (Å²) >= 11 is 0. The summed E-state index contributed by atoms with van der Waals surface area (Å²) in [6.07, 6.45) is 6.17. The Morgan fingerprint density at radius 3 is 2.55 bits per heavy atom. The second kappa shape index (κ2) is 7.12. The molecule has 3 nitrogen and oxygen atoms in total. The number of esters is 1. The van der Waals surface area contributed by atoms with Crippen molar-refractivity contribution in [2.75, 3.05) is 6.61 Å². The maximum absolute atomic E-state index is 12.2. The number of hydrogen-bond acceptors (Lipinski definition) is 3. The first-order valence-corrected chi connectivity index (χ1v) is 7.69. The van der Waals surface area contributed by atoms with Gasteiger partial charge in [-0.15, -0.1) is 0 Å². The Morgan fingerprint density at radius 2 is 1.91 bits per heavy atom. The van der Waals surface area contributed by atoms with Gasteiger partial charge in [0.05, 0.1) is 6.61 Å². The molecule has 0 spiro atoms. The number of aromatic hydroxyl groups is 1. The Kier molecular flexibility index (Phi) is 5.21. The predicted octanol–water partition coefficient (Wildman–Crippen LogP) is 4.84. The molecule has 2 aromatic carbocycles. The summed E-state index contributed by atoms with van der Waals surface area (Å²) in [4.78, 5) is 12.2. The number of benzene rings is 2. The number of phenolic OH excluding ortho intramolecular Hbond substituents is 1. The minimum atomic E-state index is -0.478. The fourth-order valence-electron chi connectivity index (χ4n) is 2.61. The van der Waals surface area contributed by atoms with Gasteiger partial charge in [-0.05, 0) is 36.8 Å². The minimum absolute atomic E-state index is 0.000749. The highest BCUT2D eigenvalue weighted by Crippen LogP contribution is 2.36. The summed E-state index contributed by atoms with van der Waals surface area (Å²) in [5.41, 5.74) is 1.98. The SMILES string of the molecule is CCC/C=C/c1c(C)c(C(=O)OCC)c(O)c2ccccc12. The summed E-state index contributed by atoms with van der Waals surface area (Å²) in [5.74, 6) is -0.479. The number of rotatable bonds is 5. The van der Waals surface area contributed by atoms with E-state index in [1.54, 1.807) is 6.92 Å². The summed E-state index contributed by atoms with van der Waals surface area (Å²) in [6, 6.07) is 7.57. The number of ether oxygens (including phenoxy) is 1. The number of hydrogen-bond donors (Lipinski definition) is 1. The van der Waals surface area contributed by atoms with Gasteiger partial charge in [0.2, 0.25) is 0 Å². The van der Waals surface area contributed by atoms with Gasteiger partial charge < -0.3 is 9.84 Å². The topological polar surface area (TPSA) is 46.5 Å². The fraction of sp³-hybridized carbons (Fsp3) is 0.316. The third-order valence-corrected chi connectivity index (χ3v) is 3.71. The lowest BCUT2D eigenvalue weighted by Gasteiger charge is -2.14. The monoisotopic (exact) mass is 298 g/mol. The highest BCUT2D eigenvalue weighted by atomic mass is 16.5. The van der Waals surface area contributed by atoms with E-state index < -0.39 is 5.97 Å². The number of phenols is 1. The van der Waals surface area contributed by atoms with Crippen molar-refractivity contribution in [2.24, 2.45) is 0 Å². The van der Waals surface area contributed by atoms with Crippen LogP contribution in [0.25, 0.3) is 16.8 Å². The van der Waals surface area contributed by atoms with E-state index >= 15 is 0 Å². The molecular formula is C19H22O3. The molecule has 0 radical (unpaired) electrons. The van der Waals surface area contributed by atoms with Gasteiger partial charge in [0, 0.05) is 5.39 Å². The van der Waals surface area contributed by atoms with E-state index in [4.69, 9.17) is 4.74 Å². The molecule has 0 fully saturated rings. The van der Waals surface area contributed by atoms with Crippen molar-refractivity contribution in [2.45, 2.75) is 33.6 Å². The van der Waals surface area contributed by atoms with E-state index in [0.717, 1.165) is 29.4 Å². The van der Waals surface area contributed by atoms with Gasteiger partial charge in [-0.25, -0.2) is 4.79 Å². The molecule has 3 heteroatoms. The Bertz CT molecular complexity index is 714. The van der Waals surface area contributed by atoms with Crippen LogP contribution in [0.15, 0.2) is 30.3 Å². The van der Waals surface area contributed by atoms with Gasteiger partial charge in [0.25, 0.3) is 0 Å². The van der Waals surface area contributed by atoms with E-state index in [9.17, 15) is 9.90 Å². The van der Waals surface area contributed by atoms with Crippen molar-refractivity contribution < 1.29 is 14.6 Å². The molecule has 0 aromatic heterocycles. The molecular weight excluding hydrogens is 276 g/mol. The standard InChI is InChI=1S/C19H22O3/c1-4-6-7-10-14-13(3)17(19(21)22-5-2)18(20)16-12-9-8-11-15(14)16/h7-12,20H,4-6H2,1-3H3/b10-7+. The summed E-state index contributed by atoms with van der Waals surface area (Å²) in [6.45, 7) is 6.01. The molecule has 116 valence electrons. The molecule has 0 aliphatic rings. The van der Waals surface area contributed by atoms with Crippen LogP contribution in [0.1, 0.15) is 48.2 Å². The van der Waals surface area contributed by atoms with E-state index in [1.807, 2.05) is 37.3 Å². The summed E-state index contributed by atoms with van der Waals surface area (Å²) in [5, 5.41) is 12.1. The smallest absolute Gasteiger partial charge is 0.342 e. The van der Waals surface area contributed by atoms with Gasteiger partial charge in [-0.1, -0.05) is 49.8 Å². The van der Waals surface area contributed by atoms with E-state index in [1.165, 1.54) is 0 Å². The molecule has 2 aromatic rings. The van der Waals surface area contributed by atoms with Crippen LogP contribution < -0.4 is 0 Å². The third kappa shape index (κ3) is 2.98. The van der Waals surface area contributed by atoms with Gasteiger partial charge in [-0.2, -0.15) is 0 Å². The molecule has 0 saturated heterocycles. The Hall–Kier alpha value is -2.29. The number of allylic oxidation sites excluding steroid dienone is 1. The maximum Gasteiger partial charge on any atom is 0.342 e. The predicted molar refractivity (Wildman–Crippen MR) is 90.2 cm³/mol. The normalized spacial score (nSPS) is 11.2. The van der Waals surface area contributed by atoms with Gasteiger partial charge in [0.15, 0.2) is 0 Å². The first-order chi connectivity index (χ1) is 10.6. The van der Waals surface area contributed by atoms with Crippen molar-refractivity contribution in [3.8, 4) is 5.75 Å². The van der Waals surface area contributed by atoms with Crippen molar-refractivity contribution in [1.82, 2.24) is 0 Å². The Balaban J connectivity index is 2.73. The highest BCUT2D eigenvalue weighted by Gasteiger charge is 2.21. The van der Waals surface area contributed by atoms with Crippen LogP contribution in [0.4, 0.5) is 0 Å². The largest absolute Gasteiger partial charge is 0.506 e. The van der Waals surface area contributed by atoms with E-state index in [-0.39, 0.29) is 17.9 Å². The molecule has 2 rings (SSSR count). The zero-order valence-corrected chi connectivity index (χ0v) is 13.3. The molecule has 0 heterocycles.